The van der Waals surface area contributed by atoms with Gasteiger partial charge in [0.15, 0.2) is 0 Å². The maximum atomic E-state index is 11.8. The van der Waals surface area contributed by atoms with Crippen molar-refractivity contribution in [3.05, 3.63) is 34.9 Å². The largest absolute Gasteiger partial charge is 0.394 e. The molecule has 0 unspecified atom stereocenters. The average Bonchev–Trinajstić information content (AvgIpc) is 2.50. The molecule has 21 heavy (non-hydrogen) atoms. The highest BCUT2D eigenvalue weighted by molar-refractivity contribution is 6.30. The Morgan fingerprint density at radius 1 is 1.14 bits per heavy atom. The van der Waals surface area contributed by atoms with Gasteiger partial charge in [0, 0.05) is 10.6 Å². The van der Waals surface area contributed by atoms with Gasteiger partial charge in [-0.3, -0.25) is 9.59 Å². The third-order valence-corrected chi connectivity index (χ3v) is 3.04. The summed E-state index contributed by atoms with van der Waals surface area (Å²) in [6.45, 7) is -2.26. The lowest BCUT2D eigenvalue weighted by atomic mass is 10.0. The predicted molar refractivity (Wildman–Crippen MR) is 75.9 cm³/mol. The van der Waals surface area contributed by atoms with Crippen molar-refractivity contribution in [2.24, 2.45) is 0 Å². The second-order valence-electron chi connectivity index (χ2n) is 4.50. The Morgan fingerprint density at radius 3 is 2.29 bits per heavy atom. The zero-order valence-electron chi connectivity index (χ0n) is 11.2. The number of carbonyl (C=O) groups excluding carboxylic acids is 2. The van der Waals surface area contributed by atoms with Crippen LogP contribution in [0.2, 0.25) is 5.02 Å². The molecular formula is C13H17ClN2O5. The van der Waals surface area contributed by atoms with Crippen molar-refractivity contribution in [1.29, 1.82) is 0 Å². The highest BCUT2D eigenvalue weighted by Gasteiger charge is 2.29. The summed E-state index contributed by atoms with van der Waals surface area (Å²) in [5, 5.41) is 32.3. The first-order chi connectivity index (χ1) is 9.96. The molecule has 0 saturated carbocycles. The molecule has 0 saturated heterocycles. The molecule has 0 bridgehead atoms. The van der Waals surface area contributed by atoms with Crippen molar-refractivity contribution >= 4 is 23.4 Å². The van der Waals surface area contributed by atoms with Crippen LogP contribution in [0.4, 0.5) is 0 Å². The van der Waals surface area contributed by atoms with E-state index in [1.807, 2.05) is 0 Å². The van der Waals surface area contributed by atoms with Crippen molar-refractivity contribution in [3.63, 3.8) is 0 Å². The van der Waals surface area contributed by atoms with E-state index in [-0.39, 0.29) is 6.54 Å². The summed E-state index contributed by atoms with van der Waals surface area (Å²) in [7, 11) is 0. The molecular weight excluding hydrogens is 300 g/mol. The first kappa shape index (κ1) is 17.4. The van der Waals surface area contributed by atoms with Gasteiger partial charge in [-0.05, 0) is 18.2 Å². The molecule has 0 heterocycles. The molecule has 0 aliphatic rings. The molecule has 0 aliphatic heterocycles. The lowest BCUT2D eigenvalue weighted by Gasteiger charge is -2.28. The molecule has 5 N–H and O–H groups in total. The van der Waals surface area contributed by atoms with Gasteiger partial charge in [0.05, 0.1) is 26.4 Å². The molecule has 7 nitrogen and oxygen atoms in total. The van der Waals surface area contributed by atoms with E-state index in [1.165, 1.54) is 6.07 Å². The van der Waals surface area contributed by atoms with Crippen molar-refractivity contribution in [2.75, 3.05) is 26.4 Å². The van der Waals surface area contributed by atoms with Gasteiger partial charge >= 0.3 is 0 Å². The first-order valence-electron chi connectivity index (χ1n) is 6.14. The normalized spacial score (nSPS) is 11.0. The van der Waals surface area contributed by atoms with Crippen molar-refractivity contribution in [1.82, 2.24) is 10.6 Å². The van der Waals surface area contributed by atoms with E-state index in [4.69, 9.17) is 26.9 Å². The highest BCUT2D eigenvalue weighted by Crippen LogP contribution is 2.10. The van der Waals surface area contributed by atoms with Gasteiger partial charge in [-0.2, -0.15) is 0 Å². The molecule has 0 spiro atoms. The minimum Gasteiger partial charge on any atom is -0.394 e. The summed E-state index contributed by atoms with van der Waals surface area (Å²) in [6.07, 6.45) is 0. The van der Waals surface area contributed by atoms with Crippen LogP contribution in [0.25, 0.3) is 0 Å². The number of halogens is 1. The SMILES string of the molecule is O=C(CNC(=O)c1cccc(Cl)c1)NC(CO)(CO)CO. The van der Waals surface area contributed by atoms with Crippen molar-refractivity contribution in [3.8, 4) is 0 Å². The molecule has 1 rings (SSSR count). The van der Waals surface area contributed by atoms with Crippen molar-refractivity contribution < 1.29 is 24.9 Å². The minimum absolute atomic E-state index is 0.299. The smallest absolute Gasteiger partial charge is 0.251 e. The Labute approximate surface area is 126 Å². The lowest BCUT2D eigenvalue weighted by molar-refractivity contribution is -0.124. The maximum absolute atomic E-state index is 11.8. The van der Waals surface area contributed by atoms with E-state index in [9.17, 15) is 9.59 Å². The summed E-state index contributed by atoms with van der Waals surface area (Å²) < 4.78 is 0. The second-order valence-corrected chi connectivity index (χ2v) is 4.93. The van der Waals surface area contributed by atoms with Gasteiger partial charge < -0.3 is 26.0 Å². The van der Waals surface area contributed by atoms with Crippen LogP contribution in [-0.2, 0) is 4.79 Å². The number of rotatable bonds is 7. The number of benzene rings is 1. The first-order valence-corrected chi connectivity index (χ1v) is 6.51. The van der Waals surface area contributed by atoms with Crippen LogP contribution in [0.1, 0.15) is 10.4 Å². The second kappa shape index (κ2) is 7.94. The van der Waals surface area contributed by atoms with Crippen LogP contribution in [0.5, 0.6) is 0 Å². The average molecular weight is 317 g/mol. The highest BCUT2D eigenvalue weighted by atomic mass is 35.5. The Hall–Kier alpha value is -1.67. The number of aliphatic hydroxyl groups excluding tert-OH is 3. The Bertz CT molecular complexity index is 497. The standard InChI is InChI=1S/C13H17ClN2O5/c14-10-3-1-2-9(4-10)12(21)15-5-11(20)16-13(6-17,7-18)8-19/h1-4,17-19H,5-8H2,(H,15,21)(H,16,20). The Kier molecular flexibility index (Phi) is 6.57. The monoisotopic (exact) mass is 316 g/mol. The zero-order valence-corrected chi connectivity index (χ0v) is 11.9. The van der Waals surface area contributed by atoms with E-state index in [2.05, 4.69) is 10.6 Å². The molecule has 0 radical (unpaired) electrons. The summed E-state index contributed by atoms with van der Waals surface area (Å²) in [6, 6.07) is 6.21. The number of nitrogens with one attached hydrogen (secondary N) is 2. The summed E-state index contributed by atoms with van der Waals surface area (Å²) in [5.74, 6) is -1.14. The molecule has 0 aliphatic carbocycles. The van der Waals surface area contributed by atoms with Crippen LogP contribution < -0.4 is 10.6 Å². The minimum atomic E-state index is -1.52. The summed E-state index contributed by atoms with van der Waals surface area (Å²) in [5.41, 5.74) is -1.22. The molecule has 116 valence electrons. The fourth-order valence-electron chi connectivity index (χ4n) is 1.50. The van der Waals surface area contributed by atoms with Crippen LogP contribution >= 0.6 is 11.6 Å². The van der Waals surface area contributed by atoms with Gasteiger partial charge in [-0.1, -0.05) is 17.7 Å². The van der Waals surface area contributed by atoms with E-state index < -0.39 is 37.2 Å². The quantitative estimate of drug-likeness (QED) is 0.437. The molecule has 0 atom stereocenters. The zero-order chi connectivity index (χ0) is 15.9. The number of carbonyl (C=O) groups is 2. The fourth-order valence-corrected chi connectivity index (χ4v) is 1.69. The Balaban J connectivity index is 2.55. The number of amides is 2. The summed E-state index contributed by atoms with van der Waals surface area (Å²) in [4.78, 5) is 23.4. The fraction of sp³-hybridized carbons (Fsp3) is 0.385. The van der Waals surface area contributed by atoms with Crippen molar-refractivity contribution in [2.45, 2.75) is 5.54 Å². The third kappa shape index (κ3) is 4.98. The molecule has 0 aromatic heterocycles. The molecule has 1 aromatic rings. The molecule has 0 fully saturated rings. The number of aliphatic hydroxyl groups is 3. The van der Waals surface area contributed by atoms with E-state index >= 15 is 0 Å². The lowest BCUT2D eigenvalue weighted by Crippen LogP contribution is -2.58. The topological polar surface area (TPSA) is 119 Å². The van der Waals surface area contributed by atoms with Gasteiger partial charge in [-0.15, -0.1) is 0 Å². The van der Waals surface area contributed by atoms with Crippen LogP contribution in [-0.4, -0.2) is 59.0 Å². The van der Waals surface area contributed by atoms with Gasteiger partial charge in [0.1, 0.15) is 5.54 Å². The molecule has 8 heteroatoms. The third-order valence-electron chi connectivity index (χ3n) is 2.81. The maximum Gasteiger partial charge on any atom is 0.251 e. The van der Waals surface area contributed by atoms with E-state index in [0.717, 1.165) is 0 Å². The predicted octanol–water partition coefficient (Wildman–Crippen LogP) is -1.10. The van der Waals surface area contributed by atoms with Crippen LogP contribution in [0, 0.1) is 0 Å². The number of hydrogen-bond donors (Lipinski definition) is 5. The number of hydrogen-bond acceptors (Lipinski definition) is 5. The molecule has 2 amide bonds. The van der Waals surface area contributed by atoms with Crippen LogP contribution in [0.15, 0.2) is 24.3 Å². The van der Waals surface area contributed by atoms with Gasteiger partial charge in [-0.25, -0.2) is 0 Å². The van der Waals surface area contributed by atoms with Gasteiger partial charge in [0.25, 0.3) is 5.91 Å². The molecule has 1 aromatic carbocycles. The van der Waals surface area contributed by atoms with Gasteiger partial charge in [0.2, 0.25) is 5.91 Å². The summed E-state index contributed by atoms with van der Waals surface area (Å²) >= 11 is 5.75. The van der Waals surface area contributed by atoms with E-state index in [1.54, 1.807) is 18.2 Å². The van der Waals surface area contributed by atoms with Crippen LogP contribution in [0.3, 0.4) is 0 Å². The Morgan fingerprint density at radius 2 is 1.76 bits per heavy atom. The van der Waals surface area contributed by atoms with E-state index in [0.29, 0.717) is 10.6 Å².